The molecule has 1 aromatic rings. The van der Waals surface area contributed by atoms with Gasteiger partial charge < -0.3 is 9.47 Å². The van der Waals surface area contributed by atoms with E-state index in [1.165, 1.54) is 64.2 Å². The number of carbonyl (C=O) groups excluding carboxylic acids is 1. The van der Waals surface area contributed by atoms with Gasteiger partial charge in [-0.2, -0.15) is 0 Å². The highest BCUT2D eigenvalue weighted by molar-refractivity contribution is 5.72. The van der Waals surface area contributed by atoms with Crippen molar-refractivity contribution in [3.8, 4) is 5.75 Å². The molecule has 0 saturated heterocycles. The normalized spacial score (nSPS) is 20.6. The smallest absolute Gasteiger partial charge is 0.349 e. The van der Waals surface area contributed by atoms with E-state index in [9.17, 15) is 4.79 Å². The fourth-order valence-electron chi connectivity index (χ4n) is 3.58. The van der Waals surface area contributed by atoms with Gasteiger partial charge in [0.25, 0.3) is 0 Å². The minimum atomic E-state index is -0.310. The van der Waals surface area contributed by atoms with E-state index in [1.807, 2.05) is 30.3 Å². The van der Waals surface area contributed by atoms with Crippen LogP contribution < -0.4 is 4.74 Å². The Morgan fingerprint density at radius 2 is 1.48 bits per heavy atom. The summed E-state index contributed by atoms with van der Waals surface area (Å²) in [6.07, 6.45) is 17.2. The third-order valence-electron chi connectivity index (χ3n) is 5.15. The first-order chi connectivity index (χ1) is 13.2. The zero-order valence-corrected chi connectivity index (χ0v) is 17.0. The molecule has 0 amide bonds. The molecule has 0 N–H and O–H groups in total. The maximum absolute atomic E-state index is 12.2. The molecular weight excluding hydrogens is 336 g/mol. The van der Waals surface area contributed by atoms with Gasteiger partial charge in [0.15, 0.2) is 6.61 Å². The largest absolute Gasteiger partial charge is 0.482 e. The van der Waals surface area contributed by atoms with E-state index in [2.05, 4.69) is 13.0 Å². The monoisotopic (exact) mass is 372 g/mol. The lowest BCUT2D eigenvalue weighted by Gasteiger charge is -2.13. The van der Waals surface area contributed by atoms with E-state index in [-0.39, 0.29) is 12.6 Å². The van der Waals surface area contributed by atoms with E-state index >= 15 is 0 Å². The number of hydrogen-bond acceptors (Lipinski definition) is 3. The first kappa shape index (κ1) is 21.5. The third-order valence-corrected chi connectivity index (χ3v) is 5.15. The zero-order chi connectivity index (χ0) is 19.2. The van der Waals surface area contributed by atoms with Crippen LogP contribution in [0.4, 0.5) is 0 Å². The lowest BCUT2D eigenvalue weighted by Crippen LogP contribution is -2.15. The Bertz CT molecular complexity index is 550. The quantitative estimate of drug-likeness (QED) is 0.544. The van der Waals surface area contributed by atoms with E-state index < -0.39 is 0 Å². The minimum absolute atomic E-state index is 0.0459. The fraction of sp³-hybridized carbons (Fsp3) is 0.625. The van der Waals surface area contributed by atoms with Crippen LogP contribution in [0, 0.1) is 5.92 Å². The van der Waals surface area contributed by atoms with Crippen LogP contribution in [-0.2, 0) is 9.53 Å². The first-order valence-electron chi connectivity index (χ1n) is 10.8. The van der Waals surface area contributed by atoms with Crippen molar-refractivity contribution in [2.75, 3.05) is 6.61 Å². The molecule has 0 bridgehead atoms. The molecule has 1 aliphatic carbocycles. The molecule has 0 radical (unpaired) electrons. The van der Waals surface area contributed by atoms with Gasteiger partial charge in [0.1, 0.15) is 11.5 Å². The molecule has 1 atom stereocenters. The molecule has 0 heterocycles. The summed E-state index contributed by atoms with van der Waals surface area (Å²) in [5, 5.41) is 0. The Kier molecular flexibility index (Phi) is 10.7. The highest BCUT2D eigenvalue weighted by Gasteiger charge is 2.11. The van der Waals surface area contributed by atoms with Crippen LogP contribution in [0.2, 0.25) is 0 Å². The van der Waals surface area contributed by atoms with Crippen LogP contribution in [0.15, 0.2) is 42.2 Å². The molecular formula is C24H36O3. The van der Waals surface area contributed by atoms with E-state index in [4.69, 9.17) is 9.47 Å². The molecule has 3 nitrogen and oxygen atoms in total. The zero-order valence-electron chi connectivity index (χ0n) is 17.0. The second kappa shape index (κ2) is 13.4. The van der Waals surface area contributed by atoms with Crippen LogP contribution in [0.5, 0.6) is 5.75 Å². The molecule has 27 heavy (non-hydrogen) atoms. The summed E-state index contributed by atoms with van der Waals surface area (Å²) in [4.78, 5) is 12.2. The Hall–Kier alpha value is -1.77. The average Bonchev–Trinajstić information content (AvgIpc) is 2.68. The van der Waals surface area contributed by atoms with Crippen LogP contribution in [-0.4, -0.2) is 12.6 Å². The van der Waals surface area contributed by atoms with Crippen molar-refractivity contribution in [2.45, 2.75) is 84.0 Å². The van der Waals surface area contributed by atoms with E-state index in [1.54, 1.807) is 0 Å². The maximum Gasteiger partial charge on any atom is 0.349 e. The molecule has 3 heteroatoms. The van der Waals surface area contributed by atoms with E-state index in [0.717, 1.165) is 18.6 Å². The van der Waals surface area contributed by atoms with Crippen LogP contribution >= 0.6 is 0 Å². The Labute approximate surface area is 165 Å². The lowest BCUT2D eigenvalue weighted by atomic mass is 10.0. The molecule has 2 rings (SSSR count). The molecule has 1 aromatic carbocycles. The second-order valence-corrected chi connectivity index (χ2v) is 7.76. The topological polar surface area (TPSA) is 35.5 Å². The van der Waals surface area contributed by atoms with Gasteiger partial charge in [0, 0.05) is 6.42 Å². The second-order valence-electron chi connectivity index (χ2n) is 7.76. The van der Waals surface area contributed by atoms with Crippen molar-refractivity contribution in [3.63, 3.8) is 0 Å². The highest BCUT2D eigenvalue weighted by Crippen LogP contribution is 2.20. The number of allylic oxidation sites excluding steroid dienone is 2. The maximum atomic E-state index is 12.2. The number of rotatable bonds is 4. The molecule has 0 aliphatic heterocycles. The van der Waals surface area contributed by atoms with Gasteiger partial charge in [-0.3, -0.25) is 0 Å². The van der Waals surface area contributed by atoms with Gasteiger partial charge in [-0.15, -0.1) is 0 Å². The van der Waals surface area contributed by atoms with Gasteiger partial charge in [0.2, 0.25) is 0 Å². The number of ether oxygens (including phenoxy) is 2. The number of benzene rings is 1. The van der Waals surface area contributed by atoms with Crippen molar-refractivity contribution in [1.82, 2.24) is 0 Å². The SMILES string of the molecule is CC1C=C(OC(=O)COc2ccccc2)CCCCCCCCCCCC1. The number of hydrogen-bond donors (Lipinski definition) is 0. The van der Waals surface area contributed by atoms with Gasteiger partial charge in [-0.25, -0.2) is 4.79 Å². The molecule has 1 aliphatic rings. The molecule has 150 valence electrons. The van der Waals surface area contributed by atoms with Crippen LogP contribution in [0.3, 0.4) is 0 Å². The fourth-order valence-corrected chi connectivity index (χ4v) is 3.58. The van der Waals surface area contributed by atoms with Crippen molar-refractivity contribution in [1.29, 1.82) is 0 Å². The molecule has 0 aromatic heterocycles. The highest BCUT2D eigenvalue weighted by atomic mass is 16.6. The minimum Gasteiger partial charge on any atom is -0.482 e. The van der Waals surface area contributed by atoms with Crippen molar-refractivity contribution in [2.24, 2.45) is 5.92 Å². The molecule has 0 saturated carbocycles. The Morgan fingerprint density at radius 1 is 0.889 bits per heavy atom. The Morgan fingerprint density at radius 3 is 2.15 bits per heavy atom. The number of esters is 1. The number of para-hydroxylation sites is 1. The van der Waals surface area contributed by atoms with Crippen molar-refractivity contribution >= 4 is 5.97 Å². The molecule has 0 fully saturated rings. The van der Waals surface area contributed by atoms with Gasteiger partial charge in [-0.05, 0) is 37.0 Å². The summed E-state index contributed by atoms with van der Waals surface area (Å²) in [6.45, 7) is 2.18. The summed E-state index contributed by atoms with van der Waals surface area (Å²) < 4.78 is 11.2. The predicted molar refractivity (Wildman–Crippen MR) is 111 cm³/mol. The van der Waals surface area contributed by atoms with Gasteiger partial charge in [0.05, 0.1) is 0 Å². The van der Waals surface area contributed by atoms with Crippen molar-refractivity contribution < 1.29 is 14.3 Å². The summed E-state index contributed by atoms with van der Waals surface area (Å²) >= 11 is 0. The average molecular weight is 373 g/mol. The Balaban J connectivity index is 1.85. The van der Waals surface area contributed by atoms with Crippen LogP contribution in [0.1, 0.15) is 84.0 Å². The summed E-state index contributed by atoms with van der Waals surface area (Å²) in [5.41, 5.74) is 0. The standard InChI is InChI=1S/C24H36O3/c1-21-15-11-8-6-4-2-3-5-7-9-12-18-23(19-21)27-24(25)20-26-22-16-13-10-14-17-22/h10,13-14,16-17,19,21H,2-9,11-12,15,18,20H2,1H3. The summed E-state index contributed by atoms with van der Waals surface area (Å²) in [7, 11) is 0. The molecule has 1 unspecified atom stereocenters. The van der Waals surface area contributed by atoms with Gasteiger partial charge >= 0.3 is 5.97 Å². The summed E-state index contributed by atoms with van der Waals surface area (Å²) in [6, 6.07) is 9.40. The van der Waals surface area contributed by atoms with E-state index in [0.29, 0.717) is 11.7 Å². The lowest BCUT2D eigenvalue weighted by molar-refractivity contribution is -0.142. The van der Waals surface area contributed by atoms with Crippen molar-refractivity contribution in [3.05, 3.63) is 42.2 Å². The third kappa shape index (κ3) is 10.2. The molecule has 0 spiro atoms. The first-order valence-corrected chi connectivity index (χ1v) is 10.8. The summed E-state index contributed by atoms with van der Waals surface area (Å²) in [5.74, 6) is 1.67. The van der Waals surface area contributed by atoms with Crippen LogP contribution in [0.25, 0.3) is 0 Å². The number of carbonyl (C=O) groups is 1. The van der Waals surface area contributed by atoms with Gasteiger partial charge in [-0.1, -0.05) is 82.9 Å². The predicted octanol–water partition coefficient (Wildman–Crippen LogP) is 6.82.